The van der Waals surface area contributed by atoms with E-state index in [0.29, 0.717) is 16.3 Å². The van der Waals surface area contributed by atoms with Gasteiger partial charge in [0.15, 0.2) is 5.78 Å². The third kappa shape index (κ3) is 2.20. The van der Waals surface area contributed by atoms with Crippen LogP contribution in [0, 0.1) is 0 Å². The number of hydrogen-bond donors (Lipinski definition) is 2. The highest BCUT2D eigenvalue weighted by Crippen LogP contribution is 2.23. The van der Waals surface area contributed by atoms with Crippen LogP contribution in [0.4, 0.5) is 5.69 Å². The molecular weight excluding hydrogens is 188 g/mol. The Morgan fingerprint density at radius 3 is 2.69 bits per heavy atom. The SMILES string of the molecule is CC(=O)C(N)c1cc(Cl)ccc1N. The molecule has 0 saturated heterocycles. The topological polar surface area (TPSA) is 69.1 Å². The Balaban J connectivity index is 3.12. The van der Waals surface area contributed by atoms with E-state index >= 15 is 0 Å². The third-order valence-electron chi connectivity index (χ3n) is 1.82. The number of halogens is 1. The number of nitrogens with two attached hydrogens (primary N) is 2. The Hall–Kier alpha value is -1.06. The van der Waals surface area contributed by atoms with Crippen LogP contribution in [0.25, 0.3) is 0 Å². The van der Waals surface area contributed by atoms with Crippen LogP contribution in [0.2, 0.25) is 5.02 Å². The first-order chi connectivity index (χ1) is 6.02. The summed E-state index contributed by atoms with van der Waals surface area (Å²) >= 11 is 5.74. The van der Waals surface area contributed by atoms with Crippen molar-refractivity contribution in [2.24, 2.45) is 5.73 Å². The molecule has 0 saturated carbocycles. The van der Waals surface area contributed by atoms with E-state index in [-0.39, 0.29) is 5.78 Å². The molecule has 1 atom stereocenters. The molecule has 0 aromatic heterocycles. The zero-order chi connectivity index (χ0) is 10.0. The fraction of sp³-hybridized carbons (Fsp3) is 0.222. The average Bonchev–Trinajstić information content (AvgIpc) is 2.08. The van der Waals surface area contributed by atoms with E-state index in [0.717, 1.165) is 0 Å². The number of benzene rings is 1. The number of hydrogen-bond acceptors (Lipinski definition) is 3. The van der Waals surface area contributed by atoms with Gasteiger partial charge >= 0.3 is 0 Å². The summed E-state index contributed by atoms with van der Waals surface area (Å²) in [5.41, 5.74) is 12.3. The molecule has 0 aliphatic carbocycles. The van der Waals surface area contributed by atoms with E-state index in [1.54, 1.807) is 18.2 Å². The lowest BCUT2D eigenvalue weighted by Crippen LogP contribution is -2.19. The maximum absolute atomic E-state index is 11.0. The maximum atomic E-state index is 11.0. The second-order valence-electron chi connectivity index (χ2n) is 2.86. The molecular formula is C9H11ClN2O. The summed E-state index contributed by atoms with van der Waals surface area (Å²) in [6, 6.07) is 4.23. The van der Waals surface area contributed by atoms with Crippen LogP contribution in [0.5, 0.6) is 0 Å². The molecule has 4 heteroatoms. The van der Waals surface area contributed by atoms with E-state index in [9.17, 15) is 4.79 Å². The fourth-order valence-electron chi connectivity index (χ4n) is 1.03. The lowest BCUT2D eigenvalue weighted by Gasteiger charge is -2.11. The van der Waals surface area contributed by atoms with Crippen molar-refractivity contribution in [2.45, 2.75) is 13.0 Å². The minimum atomic E-state index is -0.682. The summed E-state index contributed by atoms with van der Waals surface area (Å²) in [6.45, 7) is 1.42. The lowest BCUT2D eigenvalue weighted by atomic mass is 10.0. The quantitative estimate of drug-likeness (QED) is 0.708. The first-order valence-corrected chi connectivity index (χ1v) is 4.21. The Labute approximate surface area is 81.7 Å². The molecule has 4 N–H and O–H groups in total. The average molecular weight is 199 g/mol. The highest BCUT2D eigenvalue weighted by molar-refractivity contribution is 6.30. The predicted octanol–water partition coefficient (Wildman–Crippen LogP) is 1.51. The van der Waals surface area contributed by atoms with Crippen LogP contribution < -0.4 is 11.5 Å². The van der Waals surface area contributed by atoms with Crippen molar-refractivity contribution >= 4 is 23.1 Å². The van der Waals surface area contributed by atoms with Gasteiger partial charge in [0.05, 0.1) is 6.04 Å². The van der Waals surface area contributed by atoms with Crippen molar-refractivity contribution in [3.8, 4) is 0 Å². The first kappa shape index (κ1) is 10.0. The van der Waals surface area contributed by atoms with Gasteiger partial charge in [0.25, 0.3) is 0 Å². The Morgan fingerprint density at radius 2 is 2.15 bits per heavy atom. The van der Waals surface area contributed by atoms with Gasteiger partial charge < -0.3 is 11.5 Å². The zero-order valence-corrected chi connectivity index (χ0v) is 8.01. The smallest absolute Gasteiger partial charge is 0.151 e. The van der Waals surface area contributed by atoms with Crippen LogP contribution in [0.15, 0.2) is 18.2 Å². The number of Topliss-reactive ketones (excluding diaryl/α,β-unsaturated/α-hetero) is 1. The minimum Gasteiger partial charge on any atom is -0.398 e. The van der Waals surface area contributed by atoms with Gasteiger partial charge in [0, 0.05) is 16.3 Å². The molecule has 0 amide bonds. The van der Waals surface area contributed by atoms with Crippen molar-refractivity contribution in [1.29, 1.82) is 0 Å². The highest BCUT2D eigenvalue weighted by Gasteiger charge is 2.13. The summed E-state index contributed by atoms with van der Waals surface area (Å²) in [7, 11) is 0. The van der Waals surface area contributed by atoms with Crippen LogP contribution >= 0.6 is 11.6 Å². The maximum Gasteiger partial charge on any atom is 0.151 e. The van der Waals surface area contributed by atoms with Crippen molar-refractivity contribution in [2.75, 3.05) is 5.73 Å². The highest BCUT2D eigenvalue weighted by atomic mass is 35.5. The van der Waals surface area contributed by atoms with Gasteiger partial charge in [0.1, 0.15) is 0 Å². The van der Waals surface area contributed by atoms with Crippen LogP contribution in [-0.2, 0) is 4.79 Å². The van der Waals surface area contributed by atoms with Crippen molar-refractivity contribution in [3.63, 3.8) is 0 Å². The normalized spacial score (nSPS) is 12.5. The molecule has 1 aromatic rings. The van der Waals surface area contributed by atoms with E-state index < -0.39 is 6.04 Å². The predicted molar refractivity (Wildman–Crippen MR) is 53.5 cm³/mol. The number of rotatable bonds is 2. The van der Waals surface area contributed by atoms with Crippen molar-refractivity contribution in [1.82, 2.24) is 0 Å². The van der Waals surface area contributed by atoms with Gasteiger partial charge in [-0.05, 0) is 25.1 Å². The molecule has 1 unspecified atom stereocenters. The Kier molecular flexibility index (Phi) is 2.90. The zero-order valence-electron chi connectivity index (χ0n) is 7.25. The van der Waals surface area contributed by atoms with E-state index in [1.807, 2.05) is 0 Å². The van der Waals surface area contributed by atoms with Gasteiger partial charge in [-0.25, -0.2) is 0 Å². The summed E-state index contributed by atoms with van der Waals surface area (Å²) in [4.78, 5) is 11.0. The molecule has 0 aliphatic heterocycles. The van der Waals surface area contributed by atoms with Crippen LogP contribution in [0.3, 0.4) is 0 Å². The second-order valence-corrected chi connectivity index (χ2v) is 3.30. The van der Waals surface area contributed by atoms with Crippen LogP contribution in [0.1, 0.15) is 18.5 Å². The molecule has 0 bridgehead atoms. The van der Waals surface area contributed by atoms with E-state index in [4.69, 9.17) is 23.1 Å². The monoisotopic (exact) mass is 198 g/mol. The number of carbonyl (C=O) groups excluding carboxylic acids is 1. The van der Waals surface area contributed by atoms with Gasteiger partial charge in [-0.2, -0.15) is 0 Å². The molecule has 70 valence electrons. The molecule has 13 heavy (non-hydrogen) atoms. The van der Waals surface area contributed by atoms with E-state index in [2.05, 4.69) is 0 Å². The minimum absolute atomic E-state index is 0.131. The van der Waals surface area contributed by atoms with Crippen molar-refractivity contribution < 1.29 is 4.79 Å². The molecule has 1 rings (SSSR count). The number of anilines is 1. The Morgan fingerprint density at radius 1 is 1.54 bits per heavy atom. The first-order valence-electron chi connectivity index (χ1n) is 3.83. The van der Waals surface area contributed by atoms with E-state index in [1.165, 1.54) is 6.92 Å². The van der Waals surface area contributed by atoms with Crippen LogP contribution in [-0.4, -0.2) is 5.78 Å². The second kappa shape index (κ2) is 3.77. The van der Waals surface area contributed by atoms with Gasteiger partial charge in [-0.3, -0.25) is 4.79 Å². The Bertz CT molecular complexity index is 338. The summed E-state index contributed by atoms with van der Waals surface area (Å²) < 4.78 is 0. The lowest BCUT2D eigenvalue weighted by molar-refractivity contribution is -0.118. The molecule has 0 spiro atoms. The molecule has 3 nitrogen and oxygen atoms in total. The van der Waals surface area contributed by atoms with Gasteiger partial charge in [-0.15, -0.1) is 0 Å². The molecule has 1 aromatic carbocycles. The molecule has 0 heterocycles. The standard InChI is InChI=1S/C9H11ClN2O/c1-5(13)9(12)7-4-6(10)2-3-8(7)11/h2-4,9H,11-12H2,1H3. The number of ketones is 1. The summed E-state index contributed by atoms with van der Waals surface area (Å²) in [5.74, 6) is -0.131. The number of carbonyl (C=O) groups is 1. The molecule has 0 radical (unpaired) electrons. The number of nitrogen functional groups attached to an aromatic ring is 1. The molecule has 0 aliphatic rings. The summed E-state index contributed by atoms with van der Waals surface area (Å²) in [5, 5.41) is 0.529. The third-order valence-corrected chi connectivity index (χ3v) is 2.06. The molecule has 0 fully saturated rings. The fourth-order valence-corrected chi connectivity index (χ4v) is 1.21. The largest absolute Gasteiger partial charge is 0.398 e. The van der Waals surface area contributed by atoms with Gasteiger partial charge in [0.2, 0.25) is 0 Å². The summed E-state index contributed by atoms with van der Waals surface area (Å²) in [6.07, 6.45) is 0. The van der Waals surface area contributed by atoms with Gasteiger partial charge in [-0.1, -0.05) is 11.6 Å². The van der Waals surface area contributed by atoms with Crippen molar-refractivity contribution in [3.05, 3.63) is 28.8 Å².